The fraction of sp³-hybridized carbons (Fsp3) is 0.400. The number of nitrogens with one attached hydrogen (secondary N) is 2. The maximum Gasteiger partial charge on any atom is 0.322 e. The van der Waals surface area contributed by atoms with Gasteiger partial charge in [-0.15, -0.1) is 0 Å². The molecule has 1 aromatic carbocycles. The molecule has 4 amide bonds. The topological polar surface area (TPSA) is 105 Å². The van der Waals surface area contributed by atoms with Crippen molar-refractivity contribution < 1.29 is 14.4 Å². The van der Waals surface area contributed by atoms with Gasteiger partial charge in [-0.25, -0.2) is 4.79 Å². The Kier molecular flexibility index (Phi) is 4.65. The lowest BCUT2D eigenvalue weighted by Crippen LogP contribution is -2.44. The van der Waals surface area contributed by atoms with E-state index in [-0.39, 0.29) is 24.4 Å². The van der Waals surface area contributed by atoms with Gasteiger partial charge in [0.25, 0.3) is 0 Å². The van der Waals surface area contributed by atoms with Gasteiger partial charge in [0.2, 0.25) is 11.8 Å². The van der Waals surface area contributed by atoms with Crippen molar-refractivity contribution >= 4 is 23.5 Å². The molecule has 1 aromatic rings. The molecule has 22 heavy (non-hydrogen) atoms. The highest BCUT2D eigenvalue weighted by Gasteiger charge is 2.24. The summed E-state index contributed by atoms with van der Waals surface area (Å²) in [5.74, 6) is -0.609. The van der Waals surface area contributed by atoms with Gasteiger partial charge in [0, 0.05) is 36.8 Å². The van der Waals surface area contributed by atoms with Gasteiger partial charge in [0.15, 0.2) is 0 Å². The van der Waals surface area contributed by atoms with Gasteiger partial charge in [-0.2, -0.15) is 0 Å². The molecule has 7 nitrogen and oxygen atoms in total. The number of nitrogens with zero attached hydrogens (tertiary/aromatic N) is 1. The maximum absolute atomic E-state index is 12.4. The number of primary amides is 1. The van der Waals surface area contributed by atoms with Crippen molar-refractivity contribution in [2.24, 2.45) is 5.73 Å². The van der Waals surface area contributed by atoms with Crippen molar-refractivity contribution in [1.29, 1.82) is 0 Å². The van der Waals surface area contributed by atoms with Gasteiger partial charge < -0.3 is 21.3 Å². The van der Waals surface area contributed by atoms with E-state index in [1.165, 1.54) is 0 Å². The van der Waals surface area contributed by atoms with Gasteiger partial charge in [0.1, 0.15) is 0 Å². The predicted octanol–water partition coefficient (Wildman–Crippen LogP) is 0.836. The number of urea groups is 1. The van der Waals surface area contributed by atoms with Crippen molar-refractivity contribution in [3.05, 3.63) is 29.3 Å². The molecule has 0 saturated carbocycles. The third-order valence-corrected chi connectivity index (χ3v) is 3.73. The van der Waals surface area contributed by atoms with E-state index in [1.807, 2.05) is 13.8 Å². The monoisotopic (exact) mass is 304 g/mol. The minimum Gasteiger partial charge on any atom is -0.366 e. The van der Waals surface area contributed by atoms with E-state index in [1.54, 1.807) is 23.1 Å². The number of hydrogen-bond donors (Lipinski definition) is 3. The Morgan fingerprint density at radius 3 is 2.82 bits per heavy atom. The molecule has 0 spiro atoms. The number of carbonyl (C=O) groups is 3. The van der Waals surface area contributed by atoms with Gasteiger partial charge in [-0.05, 0) is 31.5 Å². The maximum atomic E-state index is 12.4. The van der Waals surface area contributed by atoms with Crippen LogP contribution in [0.2, 0.25) is 0 Å². The molecule has 118 valence electrons. The van der Waals surface area contributed by atoms with Crippen LogP contribution in [0.1, 0.15) is 29.3 Å². The van der Waals surface area contributed by atoms with Crippen molar-refractivity contribution in [2.75, 3.05) is 18.4 Å². The first-order chi connectivity index (χ1) is 10.4. The molecule has 1 fully saturated rings. The van der Waals surface area contributed by atoms with Gasteiger partial charge in [-0.3, -0.25) is 9.59 Å². The van der Waals surface area contributed by atoms with Crippen LogP contribution in [0.4, 0.5) is 10.5 Å². The Bertz CT molecular complexity index is 615. The number of hydrogen-bond acceptors (Lipinski definition) is 3. The van der Waals surface area contributed by atoms with E-state index in [4.69, 9.17) is 5.73 Å². The summed E-state index contributed by atoms with van der Waals surface area (Å²) < 4.78 is 0. The van der Waals surface area contributed by atoms with Crippen LogP contribution in [-0.2, 0) is 4.79 Å². The summed E-state index contributed by atoms with van der Waals surface area (Å²) in [7, 11) is 0. The molecule has 0 radical (unpaired) electrons. The molecule has 7 heteroatoms. The highest BCUT2D eigenvalue weighted by Crippen LogP contribution is 2.18. The molecule has 0 aromatic heterocycles. The Balaban J connectivity index is 2.15. The summed E-state index contributed by atoms with van der Waals surface area (Å²) in [4.78, 5) is 36.7. The zero-order chi connectivity index (χ0) is 16.3. The van der Waals surface area contributed by atoms with Crippen LogP contribution in [0.5, 0.6) is 0 Å². The van der Waals surface area contributed by atoms with E-state index < -0.39 is 5.91 Å². The van der Waals surface area contributed by atoms with E-state index in [9.17, 15) is 14.4 Å². The van der Waals surface area contributed by atoms with E-state index >= 15 is 0 Å². The van der Waals surface area contributed by atoms with Crippen LogP contribution < -0.4 is 16.4 Å². The number of aryl methyl sites for hydroxylation is 1. The first-order valence-electron chi connectivity index (χ1n) is 7.13. The Morgan fingerprint density at radius 2 is 2.14 bits per heavy atom. The lowest BCUT2D eigenvalue weighted by atomic mass is 10.1. The normalized spacial score (nSPS) is 18.4. The number of rotatable bonds is 2. The molecule has 1 atom stereocenters. The summed E-state index contributed by atoms with van der Waals surface area (Å²) in [6.07, 6.45) is 0.276. The zero-order valence-corrected chi connectivity index (χ0v) is 12.7. The Hall–Kier alpha value is -2.57. The van der Waals surface area contributed by atoms with E-state index in [0.717, 1.165) is 5.56 Å². The number of benzene rings is 1. The highest BCUT2D eigenvalue weighted by molar-refractivity contribution is 5.96. The third kappa shape index (κ3) is 3.55. The fourth-order valence-electron chi connectivity index (χ4n) is 2.30. The van der Waals surface area contributed by atoms with Crippen LogP contribution in [0.15, 0.2) is 18.2 Å². The van der Waals surface area contributed by atoms with Crippen molar-refractivity contribution in [2.45, 2.75) is 26.3 Å². The highest BCUT2D eigenvalue weighted by atomic mass is 16.2. The SMILES string of the molecule is Cc1ccc(C(N)=O)cc1NC(=O)N1CCC(=O)NCC1C. The molecule has 1 aliphatic heterocycles. The second-order valence-corrected chi connectivity index (χ2v) is 5.42. The first-order valence-corrected chi connectivity index (χ1v) is 7.13. The van der Waals surface area contributed by atoms with Crippen LogP contribution >= 0.6 is 0 Å². The van der Waals surface area contributed by atoms with Crippen LogP contribution in [0.3, 0.4) is 0 Å². The average molecular weight is 304 g/mol. The standard InChI is InChI=1S/C15H20N4O3/c1-9-3-4-11(14(16)21)7-12(9)18-15(22)19-6-5-13(20)17-8-10(19)2/h3-4,7,10H,5-6,8H2,1-2H3,(H2,16,21)(H,17,20)(H,18,22). The number of nitrogens with two attached hydrogens (primary N) is 1. The lowest BCUT2D eigenvalue weighted by Gasteiger charge is -2.27. The van der Waals surface area contributed by atoms with Crippen LogP contribution in [-0.4, -0.2) is 41.9 Å². The molecule has 1 heterocycles. The molecule has 1 unspecified atom stereocenters. The molecule has 2 rings (SSSR count). The van der Waals surface area contributed by atoms with E-state index in [0.29, 0.717) is 24.3 Å². The summed E-state index contributed by atoms with van der Waals surface area (Å²) in [5, 5.41) is 5.54. The van der Waals surface area contributed by atoms with E-state index in [2.05, 4.69) is 10.6 Å². The molecule has 1 aliphatic rings. The summed E-state index contributed by atoms with van der Waals surface area (Å²) in [6, 6.07) is 4.50. The second-order valence-electron chi connectivity index (χ2n) is 5.42. The molecule has 0 aliphatic carbocycles. The average Bonchev–Trinajstić information content (AvgIpc) is 2.63. The van der Waals surface area contributed by atoms with Gasteiger partial charge in [0.05, 0.1) is 0 Å². The fourth-order valence-corrected chi connectivity index (χ4v) is 2.30. The Labute approximate surface area is 128 Å². The molecule has 0 bridgehead atoms. The minimum absolute atomic E-state index is 0.0611. The van der Waals surface area contributed by atoms with Crippen LogP contribution in [0.25, 0.3) is 0 Å². The Morgan fingerprint density at radius 1 is 1.41 bits per heavy atom. The van der Waals surface area contributed by atoms with Crippen LogP contribution in [0, 0.1) is 6.92 Å². The molecule has 4 N–H and O–H groups in total. The molecular weight excluding hydrogens is 284 g/mol. The largest absolute Gasteiger partial charge is 0.366 e. The van der Waals surface area contributed by atoms with Crippen molar-refractivity contribution in [3.8, 4) is 0 Å². The van der Waals surface area contributed by atoms with Crippen molar-refractivity contribution in [1.82, 2.24) is 10.2 Å². The summed E-state index contributed by atoms with van der Waals surface area (Å²) in [5.41, 5.74) is 6.96. The smallest absolute Gasteiger partial charge is 0.322 e. The van der Waals surface area contributed by atoms with Gasteiger partial charge >= 0.3 is 6.03 Å². The second kappa shape index (κ2) is 6.46. The zero-order valence-electron chi connectivity index (χ0n) is 12.7. The summed E-state index contributed by atoms with van der Waals surface area (Å²) >= 11 is 0. The molecule has 1 saturated heterocycles. The molecular formula is C15H20N4O3. The predicted molar refractivity (Wildman–Crippen MR) is 82.5 cm³/mol. The number of carbonyl (C=O) groups excluding carboxylic acids is 3. The first kappa shape index (κ1) is 15.8. The van der Waals surface area contributed by atoms with Gasteiger partial charge in [-0.1, -0.05) is 6.07 Å². The third-order valence-electron chi connectivity index (χ3n) is 3.73. The minimum atomic E-state index is -0.548. The van der Waals surface area contributed by atoms with Crippen molar-refractivity contribution in [3.63, 3.8) is 0 Å². The number of amides is 4. The number of anilines is 1. The summed E-state index contributed by atoms with van der Waals surface area (Å²) in [6.45, 7) is 4.48. The lowest BCUT2D eigenvalue weighted by molar-refractivity contribution is -0.120. The quantitative estimate of drug-likeness (QED) is 0.754.